The number of fused-ring (bicyclic) bond motifs is 2. The molecule has 0 spiro atoms. The summed E-state index contributed by atoms with van der Waals surface area (Å²) in [6.07, 6.45) is 4.38. The second-order valence-corrected chi connectivity index (χ2v) is 6.38. The summed E-state index contributed by atoms with van der Waals surface area (Å²) >= 11 is 0. The molecule has 0 aliphatic rings. The summed E-state index contributed by atoms with van der Waals surface area (Å²) in [5.74, 6) is 0. The second kappa shape index (κ2) is 6.40. The molecule has 25 heavy (non-hydrogen) atoms. The number of aromatic nitrogens is 1. The van der Waals surface area contributed by atoms with Crippen molar-refractivity contribution in [2.24, 2.45) is 0 Å². The zero-order valence-electron chi connectivity index (χ0n) is 14.5. The van der Waals surface area contributed by atoms with Gasteiger partial charge < -0.3 is 4.90 Å². The average molecular weight is 324 g/mol. The van der Waals surface area contributed by atoms with E-state index < -0.39 is 0 Å². The molecule has 0 unspecified atom stereocenters. The lowest BCUT2D eigenvalue weighted by atomic mass is 10.0. The molecule has 0 bridgehead atoms. The summed E-state index contributed by atoms with van der Waals surface area (Å²) in [4.78, 5) is 6.89. The molecule has 122 valence electrons. The Labute approximate surface area is 148 Å². The van der Waals surface area contributed by atoms with Crippen LogP contribution in [-0.2, 0) is 0 Å². The van der Waals surface area contributed by atoms with Crippen LogP contribution in [0.15, 0.2) is 72.8 Å². The average Bonchev–Trinajstić information content (AvgIpc) is 2.65. The minimum atomic E-state index is 1.03. The van der Waals surface area contributed by atoms with Crippen molar-refractivity contribution in [1.82, 2.24) is 4.98 Å². The minimum Gasteiger partial charge on any atom is -0.378 e. The highest BCUT2D eigenvalue weighted by molar-refractivity contribution is 6.04. The Morgan fingerprint density at radius 3 is 1.80 bits per heavy atom. The number of pyridine rings is 1. The van der Waals surface area contributed by atoms with Crippen LogP contribution in [0.1, 0.15) is 11.1 Å². The molecule has 0 saturated carbocycles. The molecule has 4 aromatic rings. The molecule has 0 N–H and O–H groups in total. The van der Waals surface area contributed by atoms with E-state index in [0.717, 1.165) is 11.0 Å². The first-order valence-corrected chi connectivity index (χ1v) is 8.45. The number of para-hydroxylation sites is 2. The normalized spacial score (nSPS) is 11.4. The molecule has 1 heterocycles. The Hall–Kier alpha value is -3.13. The van der Waals surface area contributed by atoms with Gasteiger partial charge in [0.15, 0.2) is 0 Å². The van der Waals surface area contributed by atoms with Crippen LogP contribution in [0.5, 0.6) is 0 Å². The van der Waals surface area contributed by atoms with Gasteiger partial charge in [0.2, 0.25) is 0 Å². The molecule has 0 saturated heterocycles. The lowest BCUT2D eigenvalue weighted by molar-refractivity contribution is 1.13. The number of hydrogen-bond acceptors (Lipinski definition) is 2. The smallest absolute Gasteiger partial charge is 0.0715 e. The molecule has 2 nitrogen and oxygen atoms in total. The van der Waals surface area contributed by atoms with Crippen LogP contribution in [-0.4, -0.2) is 19.1 Å². The van der Waals surface area contributed by atoms with Crippen molar-refractivity contribution in [3.05, 3.63) is 83.9 Å². The highest BCUT2D eigenvalue weighted by atomic mass is 15.1. The predicted octanol–water partition coefficient (Wildman–Crippen LogP) is 5.62. The maximum absolute atomic E-state index is 4.78. The van der Waals surface area contributed by atoms with E-state index in [0.29, 0.717) is 0 Å². The molecule has 0 aliphatic carbocycles. The van der Waals surface area contributed by atoms with Gasteiger partial charge in [-0.25, -0.2) is 4.98 Å². The quantitative estimate of drug-likeness (QED) is 0.454. The van der Waals surface area contributed by atoms with Crippen molar-refractivity contribution in [3.8, 4) is 0 Å². The number of nitrogens with zero attached hydrogens (tertiary/aromatic N) is 2. The Morgan fingerprint density at radius 2 is 1.24 bits per heavy atom. The Kier molecular flexibility index (Phi) is 3.95. The van der Waals surface area contributed by atoms with Crippen LogP contribution in [0, 0.1) is 0 Å². The summed E-state index contributed by atoms with van der Waals surface area (Å²) in [6, 6.07) is 25.2. The van der Waals surface area contributed by atoms with Crippen LogP contribution >= 0.6 is 0 Å². The van der Waals surface area contributed by atoms with Gasteiger partial charge in [0.05, 0.1) is 11.0 Å². The largest absolute Gasteiger partial charge is 0.378 e. The summed E-state index contributed by atoms with van der Waals surface area (Å²) in [6.45, 7) is 0. The topological polar surface area (TPSA) is 16.1 Å². The summed E-state index contributed by atoms with van der Waals surface area (Å²) in [5, 5.41) is 2.37. The van der Waals surface area contributed by atoms with Crippen molar-refractivity contribution >= 4 is 39.6 Å². The summed E-state index contributed by atoms with van der Waals surface area (Å²) < 4.78 is 0. The first-order chi connectivity index (χ1) is 12.2. The molecule has 0 radical (unpaired) electrons. The molecule has 4 rings (SSSR count). The lowest BCUT2D eigenvalue weighted by Gasteiger charge is -2.12. The molecule has 3 aromatic carbocycles. The van der Waals surface area contributed by atoms with E-state index in [-0.39, 0.29) is 0 Å². The molecular weight excluding hydrogens is 304 g/mol. The van der Waals surface area contributed by atoms with E-state index in [1.807, 2.05) is 12.1 Å². The number of benzene rings is 3. The molecule has 1 aromatic heterocycles. The zero-order chi connectivity index (χ0) is 17.2. The van der Waals surface area contributed by atoms with Gasteiger partial charge in [0, 0.05) is 30.6 Å². The van der Waals surface area contributed by atoms with Crippen LogP contribution in [0.3, 0.4) is 0 Å². The maximum Gasteiger partial charge on any atom is 0.0715 e. The van der Waals surface area contributed by atoms with Gasteiger partial charge in [-0.3, -0.25) is 0 Å². The molecule has 0 aliphatic heterocycles. The monoisotopic (exact) mass is 324 g/mol. The number of rotatable bonds is 3. The van der Waals surface area contributed by atoms with Crippen molar-refractivity contribution in [2.45, 2.75) is 0 Å². The van der Waals surface area contributed by atoms with E-state index in [4.69, 9.17) is 4.98 Å². The van der Waals surface area contributed by atoms with Crippen LogP contribution in [0.25, 0.3) is 34.0 Å². The Morgan fingerprint density at radius 1 is 0.680 bits per heavy atom. The fourth-order valence-corrected chi connectivity index (χ4v) is 3.12. The third kappa shape index (κ3) is 2.99. The minimum absolute atomic E-state index is 1.03. The third-order valence-corrected chi connectivity index (χ3v) is 4.48. The second-order valence-electron chi connectivity index (χ2n) is 6.38. The van der Waals surface area contributed by atoms with E-state index in [1.165, 1.54) is 27.6 Å². The molecular formula is C23H20N2. The van der Waals surface area contributed by atoms with Crippen LogP contribution in [0.4, 0.5) is 5.69 Å². The van der Waals surface area contributed by atoms with Gasteiger partial charge in [-0.2, -0.15) is 0 Å². The molecule has 0 fully saturated rings. The Balaban J connectivity index is 1.84. The van der Waals surface area contributed by atoms with Crippen LogP contribution < -0.4 is 4.90 Å². The van der Waals surface area contributed by atoms with E-state index in [9.17, 15) is 0 Å². The lowest BCUT2D eigenvalue weighted by Crippen LogP contribution is -2.07. The van der Waals surface area contributed by atoms with Crippen LogP contribution in [0.2, 0.25) is 0 Å². The highest BCUT2D eigenvalue weighted by Gasteiger charge is 2.06. The molecule has 0 atom stereocenters. The molecule has 2 heteroatoms. The Bertz CT molecular complexity index is 1010. The summed E-state index contributed by atoms with van der Waals surface area (Å²) in [5.41, 5.74) is 5.68. The SMILES string of the molecule is CN(C)c1ccc(C=Cc2c3ccccc3nc3ccccc23)cc1. The number of anilines is 1. The molecule has 0 amide bonds. The standard InChI is InChI=1S/C23H20N2/c1-25(2)18-14-11-17(12-15-18)13-16-19-20-7-3-5-9-22(20)24-23-10-6-4-8-21(19)23/h3-16H,1-2H3. The fourth-order valence-electron chi connectivity index (χ4n) is 3.12. The first kappa shape index (κ1) is 15.4. The van der Waals surface area contributed by atoms with E-state index in [1.54, 1.807) is 0 Å². The van der Waals surface area contributed by atoms with Crippen molar-refractivity contribution in [3.63, 3.8) is 0 Å². The van der Waals surface area contributed by atoms with Gasteiger partial charge >= 0.3 is 0 Å². The first-order valence-electron chi connectivity index (χ1n) is 8.45. The number of hydrogen-bond donors (Lipinski definition) is 0. The maximum atomic E-state index is 4.78. The van der Waals surface area contributed by atoms with Gasteiger partial charge in [0.25, 0.3) is 0 Å². The van der Waals surface area contributed by atoms with Crippen molar-refractivity contribution in [2.75, 3.05) is 19.0 Å². The van der Waals surface area contributed by atoms with Gasteiger partial charge in [0.1, 0.15) is 0 Å². The third-order valence-electron chi connectivity index (χ3n) is 4.48. The zero-order valence-corrected chi connectivity index (χ0v) is 14.5. The summed E-state index contributed by atoms with van der Waals surface area (Å²) in [7, 11) is 4.11. The predicted molar refractivity (Wildman–Crippen MR) is 109 cm³/mol. The van der Waals surface area contributed by atoms with Crippen molar-refractivity contribution < 1.29 is 0 Å². The van der Waals surface area contributed by atoms with Gasteiger partial charge in [-0.05, 0) is 35.4 Å². The van der Waals surface area contributed by atoms with E-state index in [2.05, 4.69) is 91.8 Å². The van der Waals surface area contributed by atoms with Gasteiger partial charge in [-0.1, -0.05) is 60.7 Å². The highest BCUT2D eigenvalue weighted by Crippen LogP contribution is 2.27. The van der Waals surface area contributed by atoms with Crippen molar-refractivity contribution in [1.29, 1.82) is 0 Å². The fraction of sp³-hybridized carbons (Fsp3) is 0.0870. The van der Waals surface area contributed by atoms with E-state index >= 15 is 0 Å². The van der Waals surface area contributed by atoms with Gasteiger partial charge in [-0.15, -0.1) is 0 Å².